The van der Waals surface area contributed by atoms with E-state index in [9.17, 15) is 4.79 Å². The second-order valence-electron chi connectivity index (χ2n) is 4.65. The minimum absolute atomic E-state index is 0.303. The lowest BCUT2D eigenvalue weighted by molar-refractivity contribution is 0.0958. The molecule has 0 atom stereocenters. The summed E-state index contributed by atoms with van der Waals surface area (Å²) in [6, 6.07) is 10.8. The monoisotopic (exact) mass is 345 g/mol. The highest BCUT2D eigenvalue weighted by Gasteiger charge is 2.15. The molecule has 116 valence electrons. The van der Waals surface area contributed by atoms with Crippen LogP contribution in [-0.4, -0.2) is 17.1 Å². The van der Waals surface area contributed by atoms with Gasteiger partial charge in [-0.15, -0.1) is 11.3 Å². The molecule has 1 aromatic carbocycles. The molecule has 0 spiro atoms. The Bertz CT molecular complexity index is 839. The first-order valence-electron chi connectivity index (χ1n) is 6.74. The van der Waals surface area contributed by atoms with E-state index >= 15 is 0 Å². The zero-order chi connectivity index (χ0) is 16.2. The van der Waals surface area contributed by atoms with Gasteiger partial charge in [-0.1, -0.05) is 23.7 Å². The van der Waals surface area contributed by atoms with Gasteiger partial charge in [0.15, 0.2) is 0 Å². The molecule has 0 radical (unpaired) electrons. The van der Waals surface area contributed by atoms with E-state index in [1.54, 1.807) is 31.2 Å². The van der Waals surface area contributed by atoms with E-state index in [0.29, 0.717) is 21.4 Å². The molecule has 0 aliphatic rings. The van der Waals surface area contributed by atoms with Gasteiger partial charge < -0.3 is 4.42 Å². The molecule has 5 nitrogen and oxygen atoms in total. The summed E-state index contributed by atoms with van der Waals surface area (Å²) in [5.41, 5.74) is 4.05. The van der Waals surface area contributed by atoms with Crippen LogP contribution in [0.3, 0.4) is 0 Å². The average Bonchev–Trinajstić information content (AvgIpc) is 3.17. The van der Waals surface area contributed by atoms with E-state index in [2.05, 4.69) is 15.5 Å². The van der Waals surface area contributed by atoms with E-state index in [1.807, 2.05) is 12.1 Å². The third-order valence-corrected chi connectivity index (χ3v) is 4.45. The molecule has 2 aromatic heterocycles. The maximum atomic E-state index is 12.2. The number of hydrogen-bond donors (Lipinski definition) is 1. The number of carbonyl (C=O) groups is 1. The standard InChI is InChI=1S/C16H12ClN3O2S/c1-10-14(15(21)20-18-9-13-3-2-8-22-13)23-16(19-10)11-4-6-12(17)7-5-11/h2-9H,1H3,(H,20,21)/b18-9+. The normalized spacial score (nSPS) is 11.0. The van der Waals surface area contributed by atoms with Crippen molar-refractivity contribution in [3.8, 4) is 10.6 Å². The third kappa shape index (κ3) is 3.67. The Kier molecular flexibility index (Phi) is 4.55. The van der Waals surface area contributed by atoms with Crippen molar-refractivity contribution in [3.63, 3.8) is 0 Å². The zero-order valence-electron chi connectivity index (χ0n) is 12.1. The molecular formula is C16H12ClN3O2S. The fraction of sp³-hybridized carbons (Fsp3) is 0.0625. The summed E-state index contributed by atoms with van der Waals surface area (Å²) in [6.45, 7) is 1.79. The zero-order valence-corrected chi connectivity index (χ0v) is 13.7. The van der Waals surface area contributed by atoms with Crippen LogP contribution >= 0.6 is 22.9 Å². The molecule has 1 N–H and O–H groups in total. The summed E-state index contributed by atoms with van der Waals surface area (Å²) in [6.07, 6.45) is 2.98. The largest absolute Gasteiger partial charge is 0.463 e. The Hall–Kier alpha value is -2.44. The second kappa shape index (κ2) is 6.76. The van der Waals surface area contributed by atoms with Crippen LogP contribution in [-0.2, 0) is 0 Å². The van der Waals surface area contributed by atoms with Crippen molar-refractivity contribution in [3.05, 3.63) is 64.0 Å². The van der Waals surface area contributed by atoms with Crippen molar-refractivity contribution in [2.75, 3.05) is 0 Å². The maximum Gasteiger partial charge on any atom is 0.283 e. The average molecular weight is 346 g/mol. The first-order valence-corrected chi connectivity index (χ1v) is 7.93. The van der Waals surface area contributed by atoms with Gasteiger partial charge in [0.05, 0.1) is 18.2 Å². The highest BCUT2D eigenvalue weighted by molar-refractivity contribution is 7.17. The summed E-state index contributed by atoms with van der Waals surface area (Å²) in [7, 11) is 0. The quantitative estimate of drug-likeness (QED) is 0.571. The molecule has 23 heavy (non-hydrogen) atoms. The lowest BCUT2D eigenvalue weighted by Gasteiger charge is -1.96. The van der Waals surface area contributed by atoms with Gasteiger partial charge in [-0.25, -0.2) is 10.4 Å². The number of aromatic nitrogens is 1. The van der Waals surface area contributed by atoms with Crippen molar-refractivity contribution in [2.24, 2.45) is 5.10 Å². The van der Waals surface area contributed by atoms with Crippen LogP contribution in [0.5, 0.6) is 0 Å². The van der Waals surface area contributed by atoms with Crippen molar-refractivity contribution < 1.29 is 9.21 Å². The van der Waals surface area contributed by atoms with E-state index < -0.39 is 0 Å². The number of rotatable bonds is 4. The maximum absolute atomic E-state index is 12.2. The van der Waals surface area contributed by atoms with Gasteiger partial charge in [0.1, 0.15) is 15.6 Å². The van der Waals surface area contributed by atoms with E-state index in [4.69, 9.17) is 16.0 Å². The van der Waals surface area contributed by atoms with E-state index in [0.717, 1.165) is 10.6 Å². The van der Waals surface area contributed by atoms with Crippen LogP contribution in [0.1, 0.15) is 21.1 Å². The molecule has 0 saturated heterocycles. The Labute approximate surface area is 141 Å². The third-order valence-electron chi connectivity index (χ3n) is 3.00. The van der Waals surface area contributed by atoms with E-state index in [1.165, 1.54) is 23.8 Å². The number of nitrogens with zero attached hydrogens (tertiary/aromatic N) is 2. The van der Waals surface area contributed by atoms with Gasteiger partial charge >= 0.3 is 0 Å². The first-order chi connectivity index (χ1) is 11.1. The van der Waals surface area contributed by atoms with Gasteiger partial charge in [0.25, 0.3) is 5.91 Å². The summed E-state index contributed by atoms with van der Waals surface area (Å²) < 4.78 is 5.10. The Morgan fingerprint density at radius 2 is 2.13 bits per heavy atom. The molecule has 7 heteroatoms. The van der Waals surface area contributed by atoms with Gasteiger partial charge in [-0.05, 0) is 31.2 Å². The highest BCUT2D eigenvalue weighted by atomic mass is 35.5. The summed E-state index contributed by atoms with van der Waals surface area (Å²) in [5, 5.41) is 5.29. The van der Waals surface area contributed by atoms with Gasteiger partial charge in [-0.2, -0.15) is 5.10 Å². The number of amides is 1. The number of furan rings is 1. The number of hydrazone groups is 1. The Morgan fingerprint density at radius 3 is 2.83 bits per heavy atom. The molecule has 3 aromatic rings. The number of thiazole rings is 1. The predicted molar refractivity (Wildman–Crippen MR) is 91.1 cm³/mol. The molecule has 1 amide bonds. The van der Waals surface area contributed by atoms with Gasteiger partial charge in [0.2, 0.25) is 0 Å². The number of halogens is 1. The first kappa shape index (κ1) is 15.5. The number of benzene rings is 1. The molecule has 0 bridgehead atoms. The molecule has 0 saturated carbocycles. The number of hydrogen-bond acceptors (Lipinski definition) is 5. The summed E-state index contributed by atoms with van der Waals surface area (Å²) in [4.78, 5) is 17.1. The number of carbonyl (C=O) groups excluding carboxylic acids is 1. The highest BCUT2D eigenvalue weighted by Crippen LogP contribution is 2.28. The van der Waals surface area contributed by atoms with E-state index in [-0.39, 0.29) is 5.91 Å². The minimum Gasteiger partial charge on any atom is -0.463 e. The Balaban J connectivity index is 1.75. The van der Waals surface area contributed by atoms with Crippen LogP contribution in [0, 0.1) is 6.92 Å². The van der Waals surface area contributed by atoms with Gasteiger partial charge in [-0.3, -0.25) is 4.79 Å². The van der Waals surface area contributed by atoms with Crippen molar-refractivity contribution >= 4 is 35.1 Å². The second-order valence-corrected chi connectivity index (χ2v) is 6.09. The van der Waals surface area contributed by atoms with Gasteiger partial charge in [0, 0.05) is 10.6 Å². The Morgan fingerprint density at radius 1 is 1.35 bits per heavy atom. The predicted octanol–water partition coefficient (Wildman–Crippen LogP) is 4.13. The molecular weight excluding hydrogens is 334 g/mol. The topological polar surface area (TPSA) is 67.5 Å². The summed E-state index contributed by atoms with van der Waals surface area (Å²) >= 11 is 7.19. The van der Waals surface area contributed by atoms with Crippen LogP contribution in [0.2, 0.25) is 5.02 Å². The molecule has 0 aliphatic heterocycles. The van der Waals surface area contributed by atoms with Crippen molar-refractivity contribution in [2.45, 2.75) is 6.92 Å². The molecule has 3 rings (SSSR count). The van der Waals surface area contributed by atoms with Crippen molar-refractivity contribution in [1.82, 2.24) is 10.4 Å². The van der Waals surface area contributed by atoms with Crippen LogP contribution in [0.25, 0.3) is 10.6 Å². The fourth-order valence-electron chi connectivity index (χ4n) is 1.89. The minimum atomic E-state index is -0.303. The lowest BCUT2D eigenvalue weighted by Crippen LogP contribution is -2.17. The molecule has 0 aliphatic carbocycles. The number of aryl methyl sites for hydroxylation is 1. The lowest BCUT2D eigenvalue weighted by atomic mass is 10.2. The van der Waals surface area contributed by atoms with Crippen LogP contribution < -0.4 is 5.43 Å². The molecule has 0 fully saturated rings. The number of nitrogens with one attached hydrogen (secondary N) is 1. The SMILES string of the molecule is Cc1nc(-c2ccc(Cl)cc2)sc1C(=O)N/N=C/c1ccco1. The summed E-state index contributed by atoms with van der Waals surface area (Å²) in [5.74, 6) is 0.260. The molecule has 2 heterocycles. The van der Waals surface area contributed by atoms with Crippen molar-refractivity contribution in [1.29, 1.82) is 0 Å². The van der Waals surface area contributed by atoms with Crippen LogP contribution in [0.15, 0.2) is 52.2 Å². The fourth-order valence-corrected chi connectivity index (χ4v) is 2.98. The molecule has 0 unspecified atom stereocenters. The smallest absolute Gasteiger partial charge is 0.283 e. The van der Waals surface area contributed by atoms with Crippen LogP contribution in [0.4, 0.5) is 0 Å².